The minimum absolute atomic E-state index is 0.0775. The molecular weight excluding hydrogens is 256 g/mol. The maximum Gasteiger partial charge on any atom is 0.255 e. The van der Waals surface area contributed by atoms with Gasteiger partial charge in [0.05, 0.1) is 30.4 Å². The largest absolute Gasteiger partial charge is 0.383 e. The molecule has 2 heterocycles. The van der Waals surface area contributed by atoms with Gasteiger partial charge < -0.3 is 14.2 Å². The lowest BCUT2D eigenvalue weighted by Gasteiger charge is -2.18. The van der Waals surface area contributed by atoms with Crippen LogP contribution in [0.5, 0.6) is 0 Å². The number of aromatic nitrogens is 3. The number of pyridine rings is 1. The molecule has 106 valence electrons. The molecule has 20 heavy (non-hydrogen) atoms. The summed E-state index contributed by atoms with van der Waals surface area (Å²) in [6.45, 7) is 1.04. The zero-order valence-corrected chi connectivity index (χ0v) is 11.9. The second kappa shape index (κ2) is 6.29. The van der Waals surface area contributed by atoms with Gasteiger partial charge in [-0.05, 0) is 12.1 Å². The maximum atomic E-state index is 12.5. The molecule has 0 aliphatic carbocycles. The summed E-state index contributed by atoms with van der Waals surface area (Å²) in [6, 6.07) is 3.54. The van der Waals surface area contributed by atoms with Crippen LogP contribution in [0.2, 0.25) is 0 Å². The Morgan fingerprint density at radius 1 is 1.50 bits per heavy atom. The van der Waals surface area contributed by atoms with Gasteiger partial charge in [0, 0.05) is 33.9 Å². The van der Waals surface area contributed by atoms with E-state index in [0.717, 1.165) is 5.69 Å². The van der Waals surface area contributed by atoms with Crippen molar-refractivity contribution in [3.63, 3.8) is 0 Å². The molecule has 2 aromatic heterocycles. The van der Waals surface area contributed by atoms with Crippen LogP contribution in [-0.2, 0) is 11.8 Å². The van der Waals surface area contributed by atoms with Gasteiger partial charge in [-0.3, -0.25) is 9.78 Å². The Labute approximate surface area is 118 Å². The molecule has 1 amide bonds. The van der Waals surface area contributed by atoms with E-state index in [1.54, 1.807) is 49.9 Å². The zero-order valence-electron chi connectivity index (χ0n) is 11.9. The number of carbonyl (C=O) groups excluding carboxylic acids is 1. The van der Waals surface area contributed by atoms with Crippen molar-refractivity contribution in [1.29, 1.82) is 0 Å². The smallest absolute Gasteiger partial charge is 0.255 e. The summed E-state index contributed by atoms with van der Waals surface area (Å²) in [4.78, 5) is 22.5. The van der Waals surface area contributed by atoms with Gasteiger partial charge in [0.1, 0.15) is 5.69 Å². The van der Waals surface area contributed by atoms with Crippen LogP contribution in [0.15, 0.2) is 30.9 Å². The highest BCUT2D eigenvalue weighted by molar-refractivity contribution is 5.99. The van der Waals surface area contributed by atoms with Gasteiger partial charge in [0.15, 0.2) is 0 Å². The Hall–Kier alpha value is -2.21. The number of ether oxygens (including phenoxy) is 1. The highest BCUT2D eigenvalue weighted by atomic mass is 16.5. The molecule has 0 bridgehead atoms. The average Bonchev–Trinajstić information content (AvgIpc) is 2.90. The van der Waals surface area contributed by atoms with Gasteiger partial charge >= 0.3 is 0 Å². The molecule has 0 spiro atoms. The molecule has 0 saturated carbocycles. The molecule has 0 aromatic carbocycles. The lowest BCUT2D eigenvalue weighted by atomic mass is 10.1. The number of aryl methyl sites for hydroxylation is 1. The van der Waals surface area contributed by atoms with Gasteiger partial charge in [0.2, 0.25) is 0 Å². The maximum absolute atomic E-state index is 12.5. The number of hydrogen-bond donors (Lipinski definition) is 0. The summed E-state index contributed by atoms with van der Waals surface area (Å²) in [6.07, 6.45) is 5.06. The molecule has 0 atom stereocenters. The fourth-order valence-corrected chi connectivity index (χ4v) is 1.90. The molecule has 6 nitrogen and oxygen atoms in total. The number of nitrogens with zero attached hydrogens (tertiary/aromatic N) is 4. The monoisotopic (exact) mass is 274 g/mol. The topological polar surface area (TPSA) is 60.2 Å². The predicted octanol–water partition coefficient (Wildman–Crippen LogP) is 1.20. The number of likely N-dealkylation sites (N-methyl/N-ethyl adjacent to an activating group) is 1. The van der Waals surface area contributed by atoms with E-state index in [0.29, 0.717) is 24.4 Å². The van der Waals surface area contributed by atoms with Crippen LogP contribution in [0.3, 0.4) is 0 Å². The van der Waals surface area contributed by atoms with Crippen molar-refractivity contribution in [3.05, 3.63) is 36.4 Å². The van der Waals surface area contributed by atoms with Crippen LogP contribution in [0.25, 0.3) is 11.4 Å². The van der Waals surface area contributed by atoms with Crippen LogP contribution < -0.4 is 0 Å². The lowest BCUT2D eigenvalue weighted by molar-refractivity contribution is 0.0744. The molecular formula is C14H18N4O2. The number of carbonyl (C=O) groups is 1. The third-order valence-corrected chi connectivity index (χ3v) is 3.07. The fraction of sp³-hybridized carbons (Fsp3) is 0.357. The van der Waals surface area contributed by atoms with Crippen molar-refractivity contribution in [2.45, 2.75) is 0 Å². The Bertz CT molecular complexity index is 594. The number of imidazole rings is 1. The first kappa shape index (κ1) is 14.2. The number of hydrogen-bond acceptors (Lipinski definition) is 4. The number of rotatable bonds is 5. The molecule has 2 aromatic rings. The summed E-state index contributed by atoms with van der Waals surface area (Å²) in [7, 11) is 5.24. The van der Waals surface area contributed by atoms with Gasteiger partial charge in [-0.2, -0.15) is 0 Å². The van der Waals surface area contributed by atoms with Gasteiger partial charge in [-0.1, -0.05) is 0 Å². The zero-order chi connectivity index (χ0) is 14.5. The minimum atomic E-state index is -0.0775. The first-order valence-corrected chi connectivity index (χ1v) is 6.31. The van der Waals surface area contributed by atoms with E-state index < -0.39 is 0 Å². The van der Waals surface area contributed by atoms with Crippen molar-refractivity contribution in [2.75, 3.05) is 27.3 Å². The summed E-state index contributed by atoms with van der Waals surface area (Å²) < 4.78 is 6.84. The average molecular weight is 274 g/mol. The molecule has 0 unspecified atom stereocenters. The first-order chi connectivity index (χ1) is 9.65. The Balaban J connectivity index is 2.33. The highest BCUT2D eigenvalue weighted by Crippen LogP contribution is 2.21. The van der Waals surface area contributed by atoms with E-state index in [-0.39, 0.29) is 5.91 Å². The van der Waals surface area contributed by atoms with Crippen LogP contribution in [0, 0.1) is 0 Å². The summed E-state index contributed by atoms with van der Waals surface area (Å²) in [5.74, 6) is -0.0775. The van der Waals surface area contributed by atoms with Crippen LogP contribution in [0.1, 0.15) is 10.4 Å². The van der Waals surface area contributed by atoms with Gasteiger partial charge in [-0.25, -0.2) is 4.98 Å². The van der Waals surface area contributed by atoms with Crippen molar-refractivity contribution in [1.82, 2.24) is 19.4 Å². The highest BCUT2D eigenvalue weighted by Gasteiger charge is 2.18. The molecule has 2 rings (SSSR count). The van der Waals surface area contributed by atoms with E-state index in [1.165, 1.54) is 0 Å². The minimum Gasteiger partial charge on any atom is -0.383 e. The molecule has 0 fully saturated rings. The van der Waals surface area contributed by atoms with E-state index in [4.69, 9.17) is 4.74 Å². The van der Waals surface area contributed by atoms with Crippen molar-refractivity contribution >= 4 is 5.91 Å². The summed E-state index contributed by atoms with van der Waals surface area (Å²) in [5.41, 5.74) is 2.02. The number of methoxy groups -OCH3 is 1. The molecule has 0 radical (unpaired) electrons. The fourth-order valence-electron chi connectivity index (χ4n) is 1.90. The Kier molecular flexibility index (Phi) is 4.47. The first-order valence-electron chi connectivity index (χ1n) is 6.31. The molecule has 0 aliphatic rings. The molecule has 0 saturated heterocycles. The summed E-state index contributed by atoms with van der Waals surface area (Å²) >= 11 is 0. The van der Waals surface area contributed by atoms with Crippen molar-refractivity contribution in [2.24, 2.45) is 7.05 Å². The van der Waals surface area contributed by atoms with E-state index in [2.05, 4.69) is 9.97 Å². The molecule has 6 heteroatoms. The standard InChI is InChI=1S/C14H18N4O2/c1-17(7-8-20-3)14(19)11-5-4-6-16-13(11)12-9-15-10-18(12)2/h4-6,9-10H,7-8H2,1-3H3. The summed E-state index contributed by atoms with van der Waals surface area (Å²) in [5, 5.41) is 0. The van der Waals surface area contributed by atoms with E-state index in [1.807, 2.05) is 11.6 Å². The van der Waals surface area contributed by atoms with Gasteiger partial charge in [-0.15, -0.1) is 0 Å². The predicted molar refractivity (Wildman–Crippen MR) is 75.3 cm³/mol. The molecule has 0 N–H and O–H groups in total. The van der Waals surface area contributed by atoms with Crippen LogP contribution >= 0.6 is 0 Å². The second-order valence-electron chi connectivity index (χ2n) is 4.51. The van der Waals surface area contributed by atoms with Gasteiger partial charge in [0.25, 0.3) is 5.91 Å². The Morgan fingerprint density at radius 2 is 2.30 bits per heavy atom. The second-order valence-corrected chi connectivity index (χ2v) is 4.51. The third kappa shape index (κ3) is 2.85. The van der Waals surface area contributed by atoms with Crippen molar-refractivity contribution < 1.29 is 9.53 Å². The normalized spacial score (nSPS) is 10.6. The lowest BCUT2D eigenvalue weighted by Crippen LogP contribution is -2.30. The SMILES string of the molecule is COCCN(C)C(=O)c1cccnc1-c1cncn1C. The quantitative estimate of drug-likeness (QED) is 0.822. The van der Waals surface area contributed by atoms with E-state index in [9.17, 15) is 4.79 Å². The third-order valence-electron chi connectivity index (χ3n) is 3.07. The van der Waals surface area contributed by atoms with Crippen LogP contribution in [0.4, 0.5) is 0 Å². The van der Waals surface area contributed by atoms with E-state index >= 15 is 0 Å². The number of amides is 1. The molecule has 0 aliphatic heterocycles. The Morgan fingerprint density at radius 3 is 2.95 bits per heavy atom. The van der Waals surface area contributed by atoms with Crippen LogP contribution in [-0.4, -0.2) is 52.7 Å². The van der Waals surface area contributed by atoms with Crippen molar-refractivity contribution in [3.8, 4) is 11.4 Å².